The molecule has 0 amide bonds. The highest BCUT2D eigenvalue weighted by molar-refractivity contribution is 5.10. The molecule has 0 aromatic rings. The zero-order valence-corrected chi connectivity index (χ0v) is 15.3. The van der Waals surface area contributed by atoms with Crippen molar-refractivity contribution in [1.29, 1.82) is 0 Å². The molecule has 0 spiro atoms. The van der Waals surface area contributed by atoms with Gasteiger partial charge in [0.2, 0.25) is 0 Å². The summed E-state index contributed by atoms with van der Waals surface area (Å²) < 4.78 is 0. The third kappa shape index (κ3) is 3.25. The molecule has 1 fully saturated rings. The van der Waals surface area contributed by atoms with Crippen LogP contribution >= 0.6 is 0 Å². The molecular weight excluding hydrogens is 240 g/mol. The van der Waals surface area contributed by atoms with Gasteiger partial charge in [0.05, 0.1) is 0 Å². The summed E-state index contributed by atoms with van der Waals surface area (Å²) in [6.45, 7) is 17.0. The van der Waals surface area contributed by atoms with Crippen molar-refractivity contribution in [2.24, 2.45) is 35.0 Å². The van der Waals surface area contributed by atoms with E-state index in [9.17, 15) is 0 Å². The molecule has 0 bridgehead atoms. The van der Waals surface area contributed by atoms with Crippen LogP contribution in [0.5, 0.6) is 0 Å². The van der Waals surface area contributed by atoms with Gasteiger partial charge in [0.15, 0.2) is 0 Å². The smallest absolute Gasteiger partial charge is 0.0212 e. The Morgan fingerprint density at radius 2 is 1.55 bits per heavy atom. The highest BCUT2D eigenvalue weighted by atomic mass is 14.7. The maximum Gasteiger partial charge on any atom is -0.0212 e. The van der Waals surface area contributed by atoms with Crippen LogP contribution in [0, 0.1) is 35.0 Å². The topological polar surface area (TPSA) is 0 Å². The largest absolute Gasteiger partial charge is 0.0654 e. The van der Waals surface area contributed by atoms with Gasteiger partial charge in [-0.2, -0.15) is 0 Å². The molecular formula is C20H40. The molecule has 0 N–H and O–H groups in total. The Labute approximate surface area is 129 Å². The van der Waals surface area contributed by atoms with Crippen LogP contribution in [0.4, 0.5) is 0 Å². The van der Waals surface area contributed by atoms with Gasteiger partial charge >= 0.3 is 0 Å². The average molecular weight is 281 g/mol. The minimum absolute atomic E-state index is 0.697. The normalized spacial score (nSPS) is 32.4. The molecule has 0 aromatic heterocycles. The molecule has 1 aliphatic carbocycles. The first-order valence-electron chi connectivity index (χ1n) is 9.53. The van der Waals surface area contributed by atoms with Crippen LogP contribution in [0.25, 0.3) is 0 Å². The lowest BCUT2D eigenvalue weighted by molar-refractivity contribution is 0.211. The molecule has 0 heterocycles. The van der Waals surface area contributed by atoms with Crippen LogP contribution in [0.15, 0.2) is 0 Å². The lowest BCUT2D eigenvalue weighted by Gasteiger charge is -2.29. The molecule has 0 nitrogen and oxygen atoms in total. The van der Waals surface area contributed by atoms with Crippen molar-refractivity contribution in [1.82, 2.24) is 0 Å². The van der Waals surface area contributed by atoms with Crippen molar-refractivity contribution in [2.45, 2.75) is 93.4 Å². The molecule has 1 aliphatic rings. The monoisotopic (exact) mass is 280 g/mol. The van der Waals surface area contributed by atoms with Crippen molar-refractivity contribution in [2.75, 3.05) is 0 Å². The fraction of sp³-hybridized carbons (Fsp3) is 1.00. The van der Waals surface area contributed by atoms with Crippen molar-refractivity contribution in [3.05, 3.63) is 0 Å². The summed E-state index contributed by atoms with van der Waals surface area (Å²) in [5, 5.41) is 0. The quantitative estimate of drug-likeness (QED) is 0.406. The highest BCUT2D eigenvalue weighted by Gasteiger charge is 2.62. The van der Waals surface area contributed by atoms with E-state index in [1.807, 2.05) is 0 Å². The second kappa shape index (κ2) is 7.85. The van der Waals surface area contributed by atoms with Gasteiger partial charge in [0, 0.05) is 0 Å². The molecule has 20 heavy (non-hydrogen) atoms. The van der Waals surface area contributed by atoms with E-state index in [1.165, 1.54) is 44.9 Å². The minimum Gasteiger partial charge on any atom is -0.0654 e. The zero-order valence-electron chi connectivity index (χ0n) is 15.3. The molecule has 1 rings (SSSR count). The van der Waals surface area contributed by atoms with E-state index in [0.29, 0.717) is 5.41 Å². The van der Waals surface area contributed by atoms with Gasteiger partial charge < -0.3 is 0 Å². The van der Waals surface area contributed by atoms with Crippen LogP contribution in [-0.2, 0) is 0 Å². The maximum atomic E-state index is 2.55. The molecule has 0 radical (unpaired) electrons. The lowest BCUT2D eigenvalue weighted by atomic mass is 9.76. The van der Waals surface area contributed by atoms with E-state index in [2.05, 4.69) is 48.5 Å². The van der Waals surface area contributed by atoms with E-state index in [0.717, 1.165) is 29.6 Å². The number of hydrogen-bond acceptors (Lipinski definition) is 0. The summed E-state index contributed by atoms with van der Waals surface area (Å²) in [5.74, 6) is 4.84. The van der Waals surface area contributed by atoms with E-state index in [-0.39, 0.29) is 0 Å². The Hall–Kier alpha value is 0. The Bertz CT molecular complexity index is 265. The zero-order chi connectivity index (χ0) is 15.3. The van der Waals surface area contributed by atoms with Crippen molar-refractivity contribution >= 4 is 0 Å². The molecule has 0 aromatic carbocycles. The predicted octanol–water partition coefficient (Wildman–Crippen LogP) is 6.94. The van der Waals surface area contributed by atoms with Crippen molar-refractivity contribution in [3.63, 3.8) is 0 Å². The summed E-state index contributed by atoms with van der Waals surface area (Å²) in [7, 11) is 0. The molecule has 0 saturated heterocycles. The summed E-state index contributed by atoms with van der Waals surface area (Å²) >= 11 is 0. The van der Waals surface area contributed by atoms with Crippen LogP contribution in [0.1, 0.15) is 93.4 Å². The van der Waals surface area contributed by atoms with E-state index in [1.54, 1.807) is 0 Å². The van der Waals surface area contributed by atoms with Crippen LogP contribution in [-0.4, -0.2) is 0 Å². The van der Waals surface area contributed by atoms with Gasteiger partial charge in [-0.15, -0.1) is 0 Å². The van der Waals surface area contributed by atoms with Crippen molar-refractivity contribution in [3.8, 4) is 0 Å². The second-order valence-corrected chi connectivity index (χ2v) is 7.54. The third-order valence-corrected chi connectivity index (χ3v) is 7.06. The summed E-state index contributed by atoms with van der Waals surface area (Å²) in [6.07, 6.45) is 9.84. The van der Waals surface area contributed by atoms with Gasteiger partial charge in [-0.05, 0) is 47.8 Å². The Morgan fingerprint density at radius 3 is 1.95 bits per heavy atom. The average Bonchev–Trinajstić information content (AvgIpc) is 3.03. The second-order valence-electron chi connectivity index (χ2n) is 7.54. The Morgan fingerprint density at radius 1 is 0.950 bits per heavy atom. The SMILES string of the molecule is CCCC(CC1C(C)C1(CC)C(CC)CC)C(C)CC. The van der Waals surface area contributed by atoms with Gasteiger partial charge in [0.1, 0.15) is 0 Å². The fourth-order valence-electron chi connectivity index (χ4n) is 5.44. The van der Waals surface area contributed by atoms with E-state index < -0.39 is 0 Å². The summed E-state index contributed by atoms with van der Waals surface area (Å²) in [4.78, 5) is 0. The first-order valence-corrected chi connectivity index (χ1v) is 9.53. The Kier molecular flexibility index (Phi) is 7.09. The van der Waals surface area contributed by atoms with Crippen molar-refractivity contribution < 1.29 is 0 Å². The van der Waals surface area contributed by atoms with Gasteiger partial charge in [-0.3, -0.25) is 0 Å². The number of rotatable bonds is 10. The maximum absolute atomic E-state index is 2.55. The molecule has 0 heteroatoms. The summed E-state index contributed by atoms with van der Waals surface area (Å²) in [5.41, 5.74) is 0.697. The standard InChI is InChI=1S/C20H40/c1-8-13-17(15(6)9-2)14-19-16(7)20(19,12-5)18(10-3)11-4/h15-19H,8-14H2,1-7H3. The molecule has 120 valence electrons. The first-order chi connectivity index (χ1) is 9.53. The van der Waals surface area contributed by atoms with Crippen LogP contribution in [0.3, 0.4) is 0 Å². The third-order valence-electron chi connectivity index (χ3n) is 7.06. The van der Waals surface area contributed by atoms with Crippen LogP contribution in [0.2, 0.25) is 0 Å². The molecule has 1 saturated carbocycles. The fourth-order valence-corrected chi connectivity index (χ4v) is 5.44. The minimum atomic E-state index is 0.697. The summed E-state index contributed by atoms with van der Waals surface area (Å²) in [6, 6.07) is 0. The predicted molar refractivity (Wildman–Crippen MR) is 91.9 cm³/mol. The molecule has 0 aliphatic heterocycles. The van der Waals surface area contributed by atoms with Gasteiger partial charge in [0.25, 0.3) is 0 Å². The number of hydrogen-bond donors (Lipinski definition) is 0. The van der Waals surface area contributed by atoms with E-state index in [4.69, 9.17) is 0 Å². The molecule has 5 unspecified atom stereocenters. The van der Waals surface area contributed by atoms with Gasteiger partial charge in [-0.1, -0.05) is 80.6 Å². The first kappa shape index (κ1) is 18.1. The lowest BCUT2D eigenvalue weighted by Crippen LogP contribution is -2.20. The highest BCUT2D eigenvalue weighted by Crippen LogP contribution is 2.69. The van der Waals surface area contributed by atoms with E-state index >= 15 is 0 Å². The Balaban J connectivity index is 2.76. The molecule has 5 atom stereocenters. The van der Waals surface area contributed by atoms with Crippen LogP contribution < -0.4 is 0 Å². The van der Waals surface area contributed by atoms with Gasteiger partial charge in [-0.25, -0.2) is 0 Å².